The van der Waals surface area contributed by atoms with Crippen LogP contribution in [-0.2, 0) is 19.4 Å². The van der Waals surface area contributed by atoms with Crippen molar-refractivity contribution in [3.05, 3.63) is 82.9 Å². The highest BCUT2D eigenvalue weighted by atomic mass is 16.5. The molecule has 0 aromatic heterocycles. The molecule has 2 heterocycles. The molecule has 0 bridgehead atoms. The molecule has 1 unspecified atom stereocenters. The number of hydrogen-bond donors (Lipinski definition) is 0. The van der Waals surface area contributed by atoms with E-state index < -0.39 is 0 Å². The quantitative estimate of drug-likeness (QED) is 0.323. The minimum atomic E-state index is -0.121. The first kappa shape index (κ1) is 23.6. The number of ether oxygens (including phenoxy) is 4. The smallest absolute Gasteiger partial charge is 0.129 e. The van der Waals surface area contributed by atoms with Crippen LogP contribution in [0.2, 0.25) is 0 Å². The van der Waals surface area contributed by atoms with Crippen molar-refractivity contribution in [3.8, 4) is 23.0 Å². The minimum Gasteiger partial charge on any atom is -0.493 e. The first-order valence-electron chi connectivity index (χ1n) is 12.9. The highest BCUT2D eigenvalue weighted by Gasteiger charge is 2.32. The Bertz CT molecular complexity index is 1150. The number of fused-ring (bicyclic) bond motifs is 3. The molecule has 35 heavy (non-hydrogen) atoms. The van der Waals surface area contributed by atoms with E-state index in [1.165, 1.54) is 16.7 Å². The summed E-state index contributed by atoms with van der Waals surface area (Å²) < 4.78 is 25.0. The molecule has 184 valence electrons. The molecule has 1 atom stereocenters. The van der Waals surface area contributed by atoms with E-state index in [2.05, 4.69) is 57.2 Å². The first-order chi connectivity index (χ1) is 17.0. The van der Waals surface area contributed by atoms with Crippen LogP contribution in [0.5, 0.6) is 23.0 Å². The Morgan fingerprint density at radius 1 is 1.00 bits per heavy atom. The highest BCUT2D eigenvalue weighted by molar-refractivity contribution is 5.54. The van der Waals surface area contributed by atoms with Gasteiger partial charge in [0.25, 0.3) is 0 Å². The molecule has 2 aliphatic rings. The molecule has 4 nitrogen and oxygen atoms in total. The maximum atomic E-state index is 6.42. The van der Waals surface area contributed by atoms with Gasteiger partial charge in [0.2, 0.25) is 0 Å². The fourth-order valence-corrected chi connectivity index (χ4v) is 4.95. The summed E-state index contributed by atoms with van der Waals surface area (Å²) in [5.74, 6) is 3.95. The molecule has 0 saturated heterocycles. The Morgan fingerprint density at radius 2 is 1.86 bits per heavy atom. The van der Waals surface area contributed by atoms with Crippen molar-refractivity contribution in [1.29, 1.82) is 0 Å². The van der Waals surface area contributed by atoms with Gasteiger partial charge >= 0.3 is 0 Å². The molecule has 4 heteroatoms. The molecule has 0 radical (unpaired) electrons. The number of benzene rings is 3. The second kappa shape index (κ2) is 10.2. The van der Waals surface area contributed by atoms with Gasteiger partial charge in [0.15, 0.2) is 0 Å². The van der Waals surface area contributed by atoms with Crippen molar-refractivity contribution in [1.82, 2.24) is 0 Å². The van der Waals surface area contributed by atoms with Crippen molar-refractivity contribution in [2.75, 3.05) is 13.2 Å². The van der Waals surface area contributed by atoms with Crippen LogP contribution in [0.4, 0.5) is 0 Å². The summed E-state index contributed by atoms with van der Waals surface area (Å²) in [7, 11) is 0. The highest BCUT2D eigenvalue weighted by Crippen LogP contribution is 2.45. The zero-order chi connectivity index (χ0) is 24.3. The average Bonchev–Trinajstić information content (AvgIpc) is 2.87. The summed E-state index contributed by atoms with van der Waals surface area (Å²) in [5, 5.41) is 0. The van der Waals surface area contributed by atoms with E-state index in [4.69, 9.17) is 18.9 Å². The van der Waals surface area contributed by atoms with Crippen molar-refractivity contribution in [2.24, 2.45) is 0 Å². The van der Waals surface area contributed by atoms with Crippen LogP contribution >= 0.6 is 0 Å². The van der Waals surface area contributed by atoms with Gasteiger partial charge < -0.3 is 18.9 Å². The van der Waals surface area contributed by atoms with Crippen molar-refractivity contribution in [2.45, 2.75) is 71.0 Å². The predicted molar refractivity (Wildman–Crippen MR) is 139 cm³/mol. The third kappa shape index (κ3) is 5.42. The summed E-state index contributed by atoms with van der Waals surface area (Å²) in [5.41, 5.74) is 4.67. The molecular weight excluding hydrogens is 436 g/mol. The SMILES string of the molecule is CCCCOc1ccc(C2COc3c(ccc4c3CCC(C)(C)O4)C2)c(OCc2ccccc2)c1. The fourth-order valence-electron chi connectivity index (χ4n) is 4.95. The maximum absolute atomic E-state index is 6.42. The van der Waals surface area contributed by atoms with Crippen LogP contribution in [0, 0.1) is 0 Å². The van der Waals surface area contributed by atoms with Crippen LogP contribution in [-0.4, -0.2) is 18.8 Å². The van der Waals surface area contributed by atoms with Crippen LogP contribution in [0.25, 0.3) is 0 Å². The van der Waals surface area contributed by atoms with E-state index >= 15 is 0 Å². The summed E-state index contributed by atoms with van der Waals surface area (Å²) >= 11 is 0. The lowest BCUT2D eigenvalue weighted by Crippen LogP contribution is -2.33. The topological polar surface area (TPSA) is 36.9 Å². The summed E-state index contributed by atoms with van der Waals surface area (Å²) in [4.78, 5) is 0. The molecular formula is C31H36O4. The number of hydrogen-bond acceptors (Lipinski definition) is 4. The summed E-state index contributed by atoms with van der Waals surface area (Å²) in [6.45, 7) is 8.35. The Morgan fingerprint density at radius 3 is 2.69 bits per heavy atom. The normalized spacial score (nSPS) is 18.0. The lowest BCUT2D eigenvalue weighted by atomic mass is 9.86. The fraction of sp³-hybridized carbons (Fsp3) is 0.419. The largest absolute Gasteiger partial charge is 0.493 e. The zero-order valence-corrected chi connectivity index (χ0v) is 21.1. The third-order valence-corrected chi connectivity index (χ3v) is 6.99. The molecule has 2 aliphatic heterocycles. The van der Waals surface area contributed by atoms with Crippen LogP contribution < -0.4 is 18.9 Å². The third-order valence-electron chi connectivity index (χ3n) is 6.99. The Hall–Kier alpha value is -3.14. The Labute approximate surface area is 209 Å². The lowest BCUT2D eigenvalue weighted by Gasteiger charge is -2.36. The molecule has 0 N–H and O–H groups in total. The molecule has 0 spiro atoms. The molecule has 0 aliphatic carbocycles. The molecule has 5 rings (SSSR count). The second-order valence-electron chi connectivity index (χ2n) is 10.3. The Balaban J connectivity index is 1.38. The number of rotatable bonds is 8. The van der Waals surface area contributed by atoms with E-state index in [9.17, 15) is 0 Å². The van der Waals surface area contributed by atoms with Gasteiger partial charge in [0.1, 0.15) is 35.2 Å². The first-order valence-corrected chi connectivity index (χ1v) is 12.9. The summed E-state index contributed by atoms with van der Waals surface area (Å²) in [6.07, 6.45) is 5.07. The summed E-state index contributed by atoms with van der Waals surface area (Å²) in [6, 6.07) is 20.9. The molecule has 0 amide bonds. The van der Waals surface area contributed by atoms with Gasteiger partial charge in [-0.25, -0.2) is 0 Å². The molecule has 3 aromatic carbocycles. The van der Waals surface area contributed by atoms with Crippen LogP contribution in [0.3, 0.4) is 0 Å². The van der Waals surface area contributed by atoms with Gasteiger partial charge in [-0.2, -0.15) is 0 Å². The minimum absolute atomic E-state index is 0.121. The van der Waals surface area contributed by atoms with E-state index in [0.29, 0.717) is 13.2 Å². The van der Waals surface area contributed by atoms with Gasteiger partial charge in [0.05, 0.1) is 13.2 Å². The average molecular weight is 473 g/mol. The van der Waals surface area contributed by atoms with Gasteiger partial charge in [-0.1, -0.05) is 55.8 Å². The molecule has 0 fully saturated rings. The van der Waals surface area contributed by atoms with Crippen LogP contribution in [0.15, 0.2) is 60.7 Å². The lowest BCUT2D eigenvalue weighted by molar-refractivity contribution is 0.0826. The molecule has 3 aromatic rings. The van der Waals surface area contributed by atoms with E-state index in [1.807, 2.05) is 24.3 Å². The van der Waals surface area contributed by atoms with E-state index in [-0.39, 0.29) is 11.5 Å². The van der Waals surface area contributed by atoms with Gasteiger partial charge in [-0.05, 0) is 62.8 Å². The second-order valence-corrected chi connectivity index (χ2v) is 10.3. The van der Waals surface area contributed by atoms with Crippen molar-refractivity contribution < 1.29 is 18.9 Å². The Kier molecular flexibility index (Phi) is 6.90. The predicted octanol–water partition coefficient (Wildman–Crippen LogP) is 7.27. The standard InChI is InChI=1S/C31H36O4/c1-4-5-17-32-25-12-13-26(29(19-25)33-20-22-9-7-6-8-10-22)24-18-23-11-14-28-27(30(23)34-21-24)15-16-31(2,3)35-28/h6-14,19,24H,4-5,15-18,20-21H2,1-3H3. The van der Waals surface area contributed by atoms with Crippen molar-refractivity contribution in [3.63, 3.8) is 0 Å². The van der Waals surface area contributed by atoms with Crippen molar-refractivity contribution >= 4 is 0 Å². The molecule has 0 saturated carbocycles. The maximum Gasteiger partial charge on any atom is 0.129 e. The zero-order valence-electron chi connectivity index (χ0n) is 21.1. The van der Waals surface area contributed by atoms with Crippen LogP contribution in [0.1, 0.15) is 68.2 Å². The van der Waals surface area contributed by atoms with Gasteiger partial charge in [-0.15, -0.1) is 0 Å². The van der Waals surface area contributed by atoms with E-state index in [0.717, 1.165) is 67.3 Å². The monoisotopic (exact) mass is 472 g/mol. The number of unbranched alkanes of at least 4 members (excludes halogenated alkanes) is 1. The van der Waals surface area contributed by atoms with Gasteiger partial charge in [-0.3, -0.25) is 0 Å². The van der Waals surface area contributed by atoms with Gasteiger partial charge in [0, 0.05) is 23.1 Å². The van der Waals surface area contributed by atoms with E-state index in [1.54, 1.807) is 0 Å².